The lowest BCUT2D eigenvalue weighted by Gasteiger charge is -2.56. The Balaban J connectivity index is 0.000000142. The van der Waals surface area contributed by atoms with Gasteiger partial charge in [-0.3, -0.25) is 14.9 Å². The molecular weight excluding hydrogens is 468 g/mol. The molecule has 1 unspecified atom stereocenters. The fourth-order valence-electron chi connectivity index (χ4n) is 7.56. The Hall–Kier alpha value is -3.16. The first-order chi connectivity index (χ1) is 17.8. The second kappa shape index (κ2) is 8.71. The second-order valence-electron chi connectivity index (χ2n) is 11.1. The monoisotopic (exact) mass is 502 g/mol. The molecule has 2 amide bonds. The highest BCUT2D eigenvalue weighted by atomic mass is 16.5. The molecular formula is C30H34N2O5. The van der Waals surface area contributed by atoms with Gasteiger partial charge in [0.15, 0.2) is 11.5 Å². The van der Waals surface area contributed by atoms with Crippen molar-refractivity contribution in [2.75, 3.05) is 13.6 Å². The summed E-state index contributed by atoms with van der Waals surface area (Å²) in [5.74, 6) is 0.872. The van der Waals surface area contributed by atoms with Gasteiger partial charge in [0.05, 0.1) is 5.41 Å². The van der Waals surface area contributed by atoms with Crippen molar-refractivity contribution in [2.24, 2.45) is 5.92 Å². The van der Waals surface area contributed by atoms with E-state index in [1.807, 2.05) is 49.4 Å². The Bertz CT molecular complexity index is 1280. The fraction of sp³-hybridized carbons (Fsp3) is 0.467. The van der Waals surface area contributed by atoms with Gasteiger partial charge in [-0.05, 0) is 56.5 Å². The van der Waals surface area contributed by atoms with Gasteiger partial charge in [-0.15, -0.1) is 0 Å². The summed E-state index contributed by atoms with van der Waals surface area (Å²) in [6.45, 7) is 3.00. The number of nitrogens with one attached hydrogen (secondary N) is 1. The smallest absolute Gasteiger partial charge is 0.237 e. The van der Waals surface area contributed by atoms with Gasteiger partial charge < -0.3 is 19.8 Å². The number of carbonyl (C=O) groups is 2. The Morgan fingerprint density at radius 1 is 1.11 bits per heavy atom. The van der Waals surface area contributed by atoms with E-state index in [4.69, 9.17) is 4.74 Å². The number of likely N-dealkylation sites (N-methyl/N-ethyl adjacent to an activating group) is 1. The molecule has 2 saturated heterocycles. The first-order valence-corrected chi connectivity index (χ1v) is 13.3. The van der Waals surface area contributed by atoms with E-state index in [9.17, 15) is 19.8 Å². The minimum absolute atomic E-state index is 0.155. The molecule has 0 radical (unpaired) electrons. The summed E-state index contributed by atoms with van der Waals surface area (Å²) < 4.78 is 6.09. The first-order valence-electron chi connectivity index (χ1n) is 13.3. The second-order valence-corrected chi connectivity index (χ2v) is 11.1. The number of piperidine rings is 2. The largest absolute Gasteiger partial charge is 0.504 e. The molecule has 3 aliphatic heterocycles. The molecule has 2 fully saturated rings. The number of hydrogen-bond acceptors (Lipinski definition) is 6. The summed E-state index contributed by atoms with van der Waals surface area (Å²) in [6.07, 6.45) is 6.93. The molecule has 7 nitrogen and oxygen atoms in total. The predicted octanol–water partition coefficient (Wildman–Crippen LogP) is 2.97. The average molecular weight is 503 g/mol. The molecule has 2 aromatic rings. The number of nitrogens with zero attached hydrogens (tertiary/aromatic N) is 1. The van der Waals surface area contributed by atoms with Gasteiger partial charge in [-0.25, -0.2) is 0 Å². The van der Waals surface area contributed by atoms with Crippen LogP contribution in [0, 0.1) is 5.92 Å². The number of phenols is 1. The Labute approximate surface area is 217 Å². The van der Waals surface area contributed by atoms with E-state index in [0.717, 1.165) is 31.4 Å². The molecule has 0 aromatic heterocycles. The molecule has 5 aliphatic rings. The molecule has 194 valence electrons. The molecule has 6 atom stereocenters. The summed E-state index contributed by atoms with van der Waals surface area (Å²) in [4.78, 5) is 25.6. The zero-order valence-electron chi connectivity index (χ0n) is 21.3. The number of carbonyl (C=O) groups excluding carboxylic acids is 2. The number of hydrogen-bond donors (Lipinski definition) is 3. The number of aromatic hydroxyl groups is 1. The summed E-state index contributed by atoms with van der Waals surface area (Å²) in [5, 5.41) is 23.1. The summed E-state index contributed by atoms with van der Waals surface area (Å²) in [5.41, 5.74) is 2.77. The van der Waals surface area contributed by atoms with E-state index >= 15 is 0 Å². The SMILES string of the molecule is CCC1(c2ccccc2)CCC(=O)NC1=O.CN1CC[C@]23c4c5ccc(O)c4O[C@H]2[C@@H](O)C=C[C@H]3[C@H]1C5. The topological polar surface area (TPSA) is 99.1 Å². The van der Waals surface area contributed by atoms with Gasteiger partial charge in [0, 0.05) is 29.4 Å². The molecule has 0 saturated carbocycles. The highest BCUT2D eigenvalue weighted by Crippen LogP contribution is 2.62. The van der Waals surface area contributed by atoms with Crippen molar-refractivity contribution in [3.8, 4) is 11.5 Å². The van der Waals surface area contributed by atoms with Crippen molar-refractivity contribution in [1.29, 1.82) is 0 Å². The fourth-order valence-corrected chi connectivity index (χ4v) is 7.56. The van der Waals surface area contributed by atoms with Gasteiger partial charge in [0.1, 0.15) is 12.2 Å². The van der Waals surface area contributed by atoms with Gasteiger partial charge >= 0.3 is 0 Å². The molecule has 3 heterocycles. The van der Waals surface area contributed by atoms with Crippen LogP contribution in [0.5, 0.6) is 11.5 Å². The van der Waals surface area contributed by atoms with Crippen LogP contribution in [-0.2, 0) is 26.8 Å². The minimum Gasteiger partial charge on any atom is -0.504 e. The van der Waals surface area contributed by atoms with Crippen molar-refractivity contribution in [3.05, 3.63) is 71.3 Å². The average Bonchev–Trinajstić information content (AvgIpc) is 3.26. The van der Waals surface area contributed by atoms with Crippen molar-refractivity contribution in [1.82, 2.24) is 10.2 Å². The molecule has 1 spiro atoms. The molecule has 7 heteroatoms. The third-order valence-electron chi connectivity index (χ3n) is 9.55. The zero-order valence-corrected chi connectivity index (χ0v) is 21.3. The number of benzene rings is 2. The number of aliphatic hydroxyl groups is 1. The number of amides is 2. The number of aliphatic hydroxyl groups excluding tert-OH is 1. The maximum Gasteiger partial charge on any atom is 0.237 e. The van der Waals surface area contributed by atoms with Crippen LogP contribution in [0.3, 0.4) is 0 Å². The quantitative estimate of drug-likeness (QED) is 0.432. The van der Waals surface area contributed by atoms with E-state index < -0.39 is 11.5 Å². The van der Waals surface area contributed by atoms with Crippen LogP contribution < -0.4 is 10.1 Å². The Morgan fingerprint density at radius 2 is 1.89 bits per heavy atom. The van der Waals surface area contributed by atoms with Crippen LogP contribution in [0.15, 0.2) is 54.6 Å². The van der Waals surface area contributed by atoms with Gasteiger partial charge in [0.25, 0.3) is 0 Å². The van der Waals surface area contributed by atoms with Gasteiger partial charge in [-0.1, -0.05) is 55.5 Å². The van der Waals surface area contributed by atoms with E-state index in [-0.39, 0.29) is 29.1 Å². The van der Waals surface area contributed by atoms with Gasteiger partial charge in [-0.2, -0.15) is 0 Å². The Morgan fingerprint density at radius 3 is 2.62 bits per heavy atom. The third-order valence-corrected chi connectivity index (χ3v) is 9.55. The number of phenolic OH excluding ortho intramolecular Hbond substituents is 1. The maximum absolute atomic E-state index is 12.0. The van der Waals surface area contributed by atoms with E-state index in [1.54, 1.807) is 6.07 Å². The Kier molecular flexibility index (Phi) is 5.69. The van der Waals surface area contributed by atoms with Crippen LogP contribution in [0.25, 0.3) is 0 Å². The highest BCUT2D eigenvalue weighted by molar-refractivity contribution is 6.03. The number of imide groups is 1. The van der Waals surface area contributed by atoms with E-state index in [0.29, 0.717) is 30.6 Å². The minimum atomic E-state index is -0.594. The lowest BCUT2D eigenvalue weighted by atomic mass is 9.53. The standard InChI is InChI=1S/C17H19NO3.C13H15NO2/c1-18-7-6-17-10-3-5-13(20)16(17)21-15-12(19)4-2-9(14(15)17)8-11(10)18;1-2-13(10-6-4-3-5-7-10)9-8-11(15)14-12(13)16/h2-5,10-11,13,16,19-20H,6-8H2,1H3;3-7H,2,8-9H2,1H3,(H,14,15,16)/t10-,11+,13-,16-,17-;/m0./s1. The van der Waals surface area contributed by atoms with Crippen LogP contribution in [0.1, 0.15) is 49.3 Å². The van der Waals surface area contributed by atoms with Crippen LogP contribution in [0.4, 0.5) is 0 Å². The summed E-state index contributed by atoms with van der Waals surface area (Å²) >= 11 is 0. The summed E-state index contributed by atoms with van der Waals surface area (Å²) in [6, 6.07) is 13.9. The van der Waals surface area contributed by atoms with Crippen molar-refractivity contribution in [2.45, 2.75) is 68.1 Å². The maximum atomic E-state index is 12.0. The van der Waals surface area contributed by atoms with Crippen LogP contribution in [0.2, 0.25) is 0 Å². The lowest BCUT2D eigenvalue weighted by molar-refractivity contribution is -0.138. The molecule has 37 heavy (non-hydrogen) atoms. The predicted molar refractivity (Wildman–Crippen MR) is 138 cm³/mol. The molecule has 2 aromatic carbocycles. The van der Waals surface area contributed by atoms with Crippen molar-refractivity contribution in [3.63, 3.8) is 0 Å². The highest BCUT2D eigenvalue weighted by Gasteiger charge is 2.64. The summed E-state index contributed by atoms with van der Waals surface area (Å²) in [7, 11) is 2.19. The van der Waals surface area contributed by atoms with E-state index in [1.165, 1.54) is 11.1 Å². The number of ether oxygens (including phenoxy) is 1. The number of rotatable bonds is 2. The van der Waals surface area contributed by atoms with Crippen molar-refractivity contribution >= 4 is 11.8 Å². The molecule has 3 N–H and O–H groups in total. The van der Waals surface area contributed by atoms with E-state index in [2.05, 4.69) is 23.3 Å². The zero-order chi connectivity index (χ0) is 25.9. The number of likely N-dealkylation sites (tertiary alicyclic amines) is 1. The lowest BCUT2D eigenvalue weighted by Crippen LogP contribution is -2.64. The third kappa shape index (κ3) is 3.40. The van der Waals surface area contributed by atoms with Crippen LogP contribution in [-0.4, -0.2) is 58.8 Å². The first kappa shape index (κ1) is 24.2. The van der Waals surface area contributed by atoms with Crippen molar-refractivity contribution < 1.29 is 24.5 Å². The molecule has 2 aliphatic carbocycles. The van der Waals surface area contributed by atoms with Gasteiger partial charge in [0.2, 0.25) is 11.8 Å². The van der Waals surface area contributed by atoms with Crippen LogP contribution >= 0.6 is 0 Å². The normalized spacial score (nSPS) is 35.1. The molecule has 2 bridgehead atoms. The molecule has 7 rings (SSSR count).